The lowest BCUT2D eigenvalue weighted by molar-refractivity contribution is -0.277. The zero-order valence-electron chi connectivity index (χ0n) is 21.7. The summed E-state index contributed by atoms with van der Waals surface area (Å²) in [6.07, 6.45) is -13.8. The summed E-state index contributed by atoms with van der Waals surface area (Å²) >= 11 is 0. The predicted octanol–water partition coefficient (Wildman–Crippen LogP) is -2.48. The Bertz CT molecular complexity index is 1440. The van der Waals surface area contributed by atoms with E-state index < -0.39 is 85.8 Å². The second-order valence-corrected chi connectivity index (χ2v) is 9.95. The second kappa shape index (κ2) is 12.1. The lowest BCUT2D eigenvalue weighted by Gasteiger charge is -2.39. The first kappa shape index (κ1) is 30.1. The van der Waals surface area contributed by atoms with Crippen molar-refractivity contribution < 1.29 is 69.3 Å². The monoisotopic (exact) mass is 594 g/mol. The van der Waals surface area contributed by atoms with Crippen LogP contribution in [0.4, 0.5) is 0 Å². The Labute approximate surface area is 236 Å². The van der Waals surface area contributed by atoms with E-state index in [1.807, 2.05) is 0 Å². The number of hydrogen-bond donors (Lipinski definition) is 9. The number of fused-ring (bicyclic) bond motifs is 1. The number of aromatic hydroxyl groups is 1. The van der Waals surface area contributed by atoms with Crippen molar-refractivity contribution in [2.75, 3.05) is 13.2 Å². The van der Waals surface area contributed by atoms with Crippen LogP contribution in [-0.2, 0) is 9.47 Å². The molecule has 5 rings (SSSR count). The number of aliphatic hydroxyl groups is 8. The van der Waals surface area contributed by atoms with Crippen molar-refractivity contribution >= 4 is 11.0 Å². The molecule has 42 heavy (non-hydrogen) atoms. The first-order valence-corrected chi connectivity index (χ1v) is 12.9. The summed E-state index contributed by atoms with van der Waals surface area (Å²) in [6, 6.07) is 8.19. The molecule has 5 unspecified atom stereocenters. The van der Waals surface area contributed by atoms with Gasteiger partial charge in [-0.2, -0.15) is 0 Å². The van der Waals surface area contributed by atoms with Crippen molar-refractivity contribution in [3.63, 3.8) is 0 Å². The van der Waals surface area contributed by atoms with Crippen LogP contribution in [0.2, 0.25) is 0 Å². The van der Waals surface area contributed by atoms with Crippen molar-refractivity contribution in [3.05, 3.63) is 52.9 Å². The lowest BCUT2D eigenvalue weighted by Crippen LogP contribution is -2.60. The third-order valence-electron chi connectivity index (χ3n) is 7.20. The molecule has 10 atom stereocenters. The van der Waals surface area contributed by atoms with E-state index in [1.165, 1.54) is 30.3 Å². The highest BCUT2D eigenvalue weighted by atomic mass is 16.7. The Hall–Kier alpha value is -3.35. The number of phenolic OH excluding ortho intramolecular Hbond substituents is 1. The molecule has 0 amide bonds. The zero-order chi connectivity index (χ0) is 30.3. The Morgan fingerprint density at radius 1 is 0.690 bits per heavy atom. The predicted molar refractivity (Wildman–Crippen MR) is 138 cm³/mol. The maximum atomic E-state index is 13.3. The number of benzene rings is 2. The third-order valence-corrected chi connectivity index (χ3v) is 7.20. The molecule has 2 fully saturated rings. The molecule has 15 heteroatoms. The van der Waals surface area contributed by atoms with Crippen molar-refractivity contribution in [3.8, 4) is 28.4 Å². The summed E-state index contributed by atoms with van der Waals surface area (Å²) in [7, 11) is 0. The van der Waals surface area contributed by atoms with Gasteiger partial charge in [-0.15, -0.1) is 0 Å². The van der Waals surface area contributed by atoms with Crippen LogP contribution in [0.15, 0.2) is 51.9 Å². The Kier molecular flexibility index (Phi) is 8.68. The zero-order valence-corrected chi connectivity index (χ0v) is 21.7. The fraction of sp³-hybridized carbons (Fsp3) is 0.444. The first-order chi connectivity index (χ1) is 20.0. The van der Waals surface area contributed by atoms with Gasteiger partial charge in [0.15, 0.2) is 0 Å². The van der Waals surface area contributed by atoms with Gasteiger partial charge in [-0.25, -0.2) is 0 Å². The average molecular weight is 595 g/mol. The number of aliphatic hydroxyl groups excluding tert-OH is 8. The summed E-state index contributed by atoms with van der Waals surface area (Å²) in [5.41, 5.74) is -0.241. The average Bonchev–Trinajstić information content (AvgIpc) is 2.98. The molecular formula is C27H30O15. The second-order valence-electron chi connectivity index (χ2n) is 9.95. The molecule has 1 aromatic heterocycles. The Balaban J connectivity index is 1.35. The van der Waals surface area contributed by atoms with E-state index in [-0.39, 0.29) is 28.0 Å². The topological polar surface area (TPSA) is 249 Å². The Morgan fingerprint density at radius 3 is 1.74 bits per heavy atom. The SMILES string of the molecule is O=c1c(-c2ccc(O[C@H]3OC(CO)[C@H](O)C(O)C3O)cc2)coc2cc(O[C@@H]3OC(CO)[C@@H](O)[C@H](O)C3O)cc(O)c12. The standard InChI is InChI=1S/C27H30O15/c28-7-16-20(32)22(34)24(36)26(41-16)39-11-3-1-10(2-4-11)13-9-38-15-6-12(5-14(30)18(15)19(13)31)40-27-25(37)23(35)21(33)17(8-29)42-27/h1-6,9,16-17,20-30,32-37H,7-8H2/t16?,17?,20-,21+,22?,23-,24?,25?,26-,27+/m0/s1. The number of hydrogen-bond acceptors (Lipinski definition) is 15. The van der Waals surface area contributed by atoms with Crippen molar-refractivity contribution in [1.82, 2.24) is 0 Å². The van der Waals surface area contributed by atoms with Gasteiger partial charge in [0, 0.05) is 12.1 Å². The van der Waals surface area contributed by atoms with Gasteiger partial charge in [0.2, 0.25) is 18.0 Å². The number of ether oxygens (including phenoxy) is 4. The molecule has 0 bridgehead atoms. The van der Waals surface area contributed by atoms with Gasteiger partial charge in [0.1, 0.15) is 83.3 Å². The molecule has 2 aliphatic rings. The molecule has 3 aromatic rings. The maximum absolute atomic E-state index is 13.3. The van der Waals surface area contributed by atoms with E-state index in [1.54, 1.807) is 0 Å². The molecule has 3 heterocycles. The minimum atomic E-state index is -1.69. The highest BCUT2D eigenvalue weighted by Gasteiger charge is 2.45. The highest BCUT2D eigenvalue weighted by molar-refractivity contribution is 5.88. The lowest BCUT2D eigenvalue weighted by atomic mass is 9.99. The Morgan fingerprint density at radius 2 is 1.21 bits per heavy atom. The summed E-state index contributed by atoms with van der Waals surface area (Å²) in [4.78, 5) is 13.3. The molecule has 2 saturated heterocycles. The molecule has 0 radical (unpaired) electrons. The van der Waals surface area contributed by atoms with Crippen LogP contribution in [0.5, 0.6) is 17.2 Å². The van der Waals surface area contributed by atoms with Crippen molar-refractivity contribution in [2.45, 2.75) is 61.4 Å². The van der Waals surface area contributed by atoms with Gasteiger partial charge >= 0.3 is 0 Å². The van der Waals surface area contributed by atoms with Crippen LogP contribution in [0.1, 0.15) is 0 Å². The van der Waals surface area contributed by atoms with Crippen molar-refractivity contribution in [1.29, 1.82) is 0 Å². The first-order valence-electron chi connectivity index (χ1n) is 12.9. The van der Waals surface area contributed by atoms with E-state index in [0.717, 1.165) is 12.3 Å². The quantitative estimate of drug-likeness (QED) is 0.137. The molecular weight excluding hydrogens is 564 g/mol. The van der Waals surface area contributed by atoms with E-state index in [9.17, 15) is 50.8 Å². The van der Waals surface area contributed by atoms with Gasteiger partial charge in [0.25, 0.3) is 0 Å². The molecule has 0 saturated carbocycles. The van der Waals surface area contributed by atoms with E-state index in [0.29, 0.717) is 5.56 Å². The number of rotatable bonds is 7. The van der Waals surface area contributed by atoms with E-state index in [2.05, 4.69) is 0 Å². The van der Waals surface area contributed by atoms with Gasteiger partial charge in [-0.3, -0.25) is 4.79 Å². The van der Waals surface area contributed by atoms with Gasteiger partial charge in [0.05, 0.1) is 18.8 Å². The van der Waals surface area contributed by atoms with Crippen molar-refractivity contribution in [2.24, 2.45) is 0 Å². The molecule has 9 N–H and O–H groups in total. The summed E-state index contributed by atoms with van der Waals surface area (Å²) in [5, 5.41) is 89.2. The minimum Gasteiger partial charge on any atom is -0.507 e. The minimum absolute atomic E-state index is 0.0693. The van der Waals surface area contributed by atoms with Gasteiger partial charge in [-0.05, 0) is 17.7 Å². The van der Waals surface area contributed by atoms with Crippen LogP contribution in [-0.4, -0.2) is 121 Å². The van der Waals surface area contributed by atoms with Crippen LogP contribution >= 0.6 is 0 Å². The molecule has 0 aliphatic carbocycles. The molecule has 0 spiro atoms. The number of phenols is 1. The third kappa shape index (κ3) is 5.55. The largest absolute Gasteiger partial charge is 0.507 e. The fourth-order valence-electron chi connectivity index (χ4n) is 4.79. The van der Waals surface area contributed by atoms with E-state index in [4.69, 9.17) is 23.4 Å². The summed E-state index contributed by atoms with van der Waals surface area (Å²) < 4.78 is 27.3. The molecule has 15 nitrogen and oxygen atoms in total. The fourth-order valence-corrected chi connectivity index (χ4v) is 4.79. The van der Waals surface area contributed by atoms with Gasteiger partial charge < -0.3 is 69.3 Å². The van der Waals surface area contributed by atoms with Crippen LogP contribution in [0, 0.1) is 0 Å². The molecule has 2 aliphatic heterocycles. The maximum Gasteiger partial charge on any atom is 0.229 e. The molecule has 2 aromatic carbocycles. The summed E-state index contributed by atoms with van der Waals surface area (Å²) in [5.74, 6) is -0.453. The highest BCUT2D eigenvalue weighted by Crippen LogP contribution is 2.33. The van der Waals surface area contributed by atoms with Gasteiger partial charge in [-0.1, -0.05) is 12.1 Å². The normalized spacial score (nSPS) is 33.4. The van der Waals surface area contributed by atoms with E-state index >= 15 is 0 Å². The van der Waals surface area contributed by atoms with Crippen LogP contribution in [0.25, 0.3) is 22.1 Å². The smallest absolute Gasteiger partial charge is 0.229 e. The van der Waals surface area contributed by atoms with Crippen LogP contribution in [0.3, 0.4) is 0 Å². The molecule has 228 valence electrons. The summed E-state index contributed by atoms with van der Waals surface area (Å²) in [6.45, 7) is -1.28. The van der Waals surface area contributed by atoms with Crippen LogP contribution < -0.4 is 14.9 Å².